The zero-order valence-electron chi connectivity index (χ0n) is 16.6. The number of rotatable bonds is 4. The van der Waals surface area contributed by atoms with Gasteiger partial charge in [0.25, 0.3) is 0 Å². The van der Waals surface area contributed by atoms with Crippen molar-refractivity contribution in [3.05, 3.63) is 97.1 Å². The summed E-state index contributed by atoms with van der Waals surface area (Å²) in [5, 5.41) is 21.9. The summed E-state index contributed by atoms with van der Waals surface area (Å²) < 4.78 is 0. The van der Waals surface area contributed by atoms with E-state index < -0.39 is 7.12 Å². The largest absolute Gasteiger partial charge is 0.489 e. The maximum atomic E-state index is 9.84. The van der Waals surface area contributed by atoms with Crippen LogP contribution in [0.4, 0.5) is 0 Å². The van der Waals surface area contributed by atoms with E-state index in [-0.39, 0.29) is 0 Å². The molecule has 0 bridgehead atoms. The van der Waals surface area contributed by atoms with Crippen LogP contribution < -0.4 is 5.46 Å². The Balaban J connectivity index is 1.74. The van der Waals surface area contributed by atoms with Crippen molar-refractivity contribution in [3.63, 3.8) is 0 Å². The van der Waals surface area contributed by atoms with Gasteiger partial charge in [-0.1, -0.05) is 91.0 Å². The highest BCUT2D eigenvalue weighted by Gasteiger charge is 2.20. The fourth-order valence-corrected chi connectivity index (χ4v) is 3.60. The molecule has 5 rings (SSSR count). The smallest absolute Gasteiger partial charge is 0.423 e. The first-order valence-electron chi connectivity index (χ1n) is 9.95. The van der Waals surface area contributed by atoms with Crippen LogP contribution in [0.15, 0.2) is 97.1 Å². The number of hydrogen-bond acceptors (Lipinski definition) is 5. The molecule has 1 heterocycles. The zero-order valence-corrected chi connectivity index (χ0v) is 16.6. The average molecular weight is 403 g/mol. The Labute approximate surface area is 179 Å². The molecule has 0 saturated heterocycles. The average Bonchev–Trinajstić information content (AvgIpc) is 2.84. The fraction of sp³-hybridized carbons (Fsp3) is 0. The molecule has 0 unspecified atom stereocenters. The van der Waals surface area contributed by atoms with Crippen LogP contribution in [-0.4, -0.2) is 32.1 Å². The highest BCUT2D eigenvalue weighted by atomic mass is 16.4. The van der Waals surface area contributed by atoms with Crippen LogP contribution in [0.1, 0.15) is 0 Å². The molecule has 5 aromatic rings. The number of nitrogens with zero attached hydrogens (tertiary/aromatic N) is 3. The highest BCUT2D eigenvalue weighted by Crippen LogP contribution is 2.26. The van der Waals surface area contributed by atoms with Crippen LogP contribution in [0.3, 0.4) is 0 Å². The van der Waals surface area contributed by atoms with E-state index in [2.05, 4.69) is 23.2 Å². The lowest BCUT2D eigenvalue weighted by Gasteiger charge is -2.11. The van der Waals surface area contributed by atoms with Crippen LogP contribution in [0.2, 0.25) is 0 Å². The van der Waals surface area contributed by atoms with E-state index in [1.54, 1.807) is 18.2 Å². The van der Waals surface area contributed by atoms with Crippen molar-refractivity contribution >= 4 is 23.4 Å². The van der Waals surface area contributed by atoms with Crippen LogP contribution in [0.25, 0.3) is 44.9 Å². The molecule has 0 saturated carbocycles. The minimum absolute atomic E-state index is 0.345. The zero-order chi connectivity index (χ0) is 21.2. The predicted molar refractivity (Wildman–Crippen MR) is 123 cm³/mol. The third kappa shape index (κ3) is 3.82. The molecule has 1 aromatic heterocycles. The monoisotopic (exact) mass is 403 g/mol. The first-order chi connectivity index (χ1) is 15.2. The molecule has 31 heavy (non-hydrogen) atoms. The van der Waals surface area contributed by atoms with Crippen LogP contribution in [-0.2, 0) is 0 Å². The van der Waals surface area contributed by atoms with Gasteiger partial charge in [-0.25, -0.2) is 15.0 Å². The van der Waals surface area contributed by atoms with Crippen molar-refractivity contribution in [1.29, 1.82) is 0 Å². The second-order valence-electron chi connectivity index (χ2n) is 7.20. The lowest BCUT2D eigenvalue weighted by atomic mass is 9.77. The minimum Gasteiger partial charge on any atom is -0.423 e. The second kappa shape index (κ2) is 8.10. The summed E-state index contributed by atoms with van der Waals surface area (Å²) in [5.41, 5.74) is 2.62. The standard InChI is InChI=1S/C25H18BN3O2/c30-26(31)22-13-7-6-12-21(22)25-28-23(18-9-2-1-3-10-18)27-24(29-25)20-15-14-17-8-4-5-11-19(17)16-20/h1-16,30-31H. The SMILES string of the molecule is OB(O)c1ccccc1-c1nc(-c2ccccc2)nc(-c2ccc3ccccc3c2)n1. The molecule has 6 heteroatoms. The lowest BCUT2D eigenvalue weighted by Crippen LogP contribution is -2.31. The summed E-state index contributed by atoms with van der Waals surface area (Å²) in [6, 6.07) is 30.9. The summed E-state index contributed by atoms with van der Waals surface area (Å²) in [5.74, 6) is 1.44. The number of benzene rings is 4. The van der Waals surface area contributed by atoms with E-state index >= 15 is 0 Å². The van der Waals surface area contributed by atoms with Gasteiger partial charge in [0.15, 0.2) is 17.5 Å². The van der Waals surface area contributed by atoms with E-state index in [4.69, 9.17) is 9.97 Å². The Morgan fingerprint density at radius 2 is 1.13 bits per heavy atom. The van der Waals surface area contributed by atoms with Gasteiger partial charge in [0.2, 0.25) is 0 Å². The van der Waals surface area contributed by atoms with Crippen molar-refractivity contribution in [3.8, 4) is 34.2 Å². The molecule has 5 nitrogen and oxygen atoms in total. The van der Waals surface area contributed by atoms with E-state index in [1.165, 1.54) is 0 Å². The van der Waals surface area contributed by atoms with Crippen LogP contribution >= 0.6 is 0 Å². The van der Waals surface area contributed by atoms with Gasteiger partial charge in [0, 0.05) is 16.7 Å². The molecule has 0 aliphatic heterocycles. The normalized spacial score (nSPS) is 10.9. The van der Waals surface area contributed by atoms with Gasteiger partial charge in [-0.3, -0.25) is 0 Å². The van der Waals surface area contributed by atoms with Gasteiger partial charge in [0.05, 0.1) is 0 Å². The van der Waals surface area contributed by atoms with Gasteiger partial charge in [-0.15, -0.1) is 0 Å². The van der Waals surface area contributed by atoms with Crippen molar-refractivity contribution in [1.82, 2.24) is 15.0 Å². The predicted octanol–water partition coefficient (Wildman–Crippen LogP) is 3.71. The van der Waals surface area contributed by atoms with E-state index in [0.29, 0.717) is 28.5 Å². The Hall–Kier alpha value is -3.87. The Morgan fingerprint density at radius 3 is 1.90 bits per heavy atom. The molecular weight excluding hydrogens is 385 g/mol. The van der Waals surface area contributed by atoms with Gasteiger partial charge < -0.3 is 10.0 Å². The molecule has 148 valence electrons. The molecule has 0 atom stereocenters. The Bertz CT molecular complexity index is 1370. The lowest BCUT2D eigenvalue weighted by molar-refractivity contribution is 0.426. The van der Waals surface area contributed by atoms with Crippen LogP contribution in [0, 0.1) is 0 Å². The van der Waals surface area contributed by atoms with Gasteiger partial charge in [-0.2, -0.15) is 0 Å². The third-order valence-electron chi connectivity index (χ3n) is 5.15. The summed E-state index contributed by atoms with van der Waals surface area (Å²) in [6.07, 6.45) is 0. The molecule has 0 radical (unpaired) electrons. The number of fused-ring (bicyclic) bond motifs is 1. The van der Waals surface area contributed by atoms with Crippen molar-refractivity contribution in [2.75, 3.05) is 0 Å². The second-order valence-corrected chi connectivity index (χ2v) is 7.20. The van der Waals surface area contributed by atoms with Gasteiger partial charge >= 0.3 is 7.12 Å². The molecule has 0 aliphatic rings. The van der Waals surface area contributed by atoms with E-state index in [1.807, 2.05) is 60.7 Å². The van der Waals surface area contributed by atoms with E-state index in [9.17, 15) is 10.0 Å². The maximum absolute atomic E-state index is 9.84. The van der Waals surface area contributed by atoms with Gasteiger partial charge in [-0.05, 0) is 22.3 Å². The number of hydrogen-bond donors (Lipinski definition) is 2. The van der Waals surface area contributed by atoms with Crippen LogP contribution in [0.5, 0.6) is 0 Å². The molecule has 0 spiro atoms. The van der Waals surface area contributed by atoms with Gasteiger partial charge in [0.1, 0.15) is 0 Å². The summed E-state index contributed by atoms with van der Waals surface area (Å²) in [4.78, 5) is 14.1. The molecule has 2 N–H and O–H groups in total. The summed E-state index contributed by atoms with van der Waals surface area (Å²) in [6.45, 7) is 0. The molecule has 0 amide bonds. The minimum atomic E-state index is -1.63. The Kier molecular flexibility index (Phi) is 5.00. The Morgan fingerprint density at radius 1 is 0.516 bits per heavy atom. The number of aromatic nitrogens is 3. The quantitative estimate of drug-likeness (QED) is 0.448. The first kappa shape index (κ1) is 19.1. The summed E-state index contributed by atoms with van der Waals surface area (Å²) >= 11 is 0. The first-order valence-corrected chi connectivity index (χ1v) is 9.95. The topological polar surface area (TPSA) is 79.1 Å². The molecule has 0 aliphatic carbocycles. The fourth-order valence-electron chi connectivity index (χ4n) is 3.60. The molecule has 4 aromatic carbocycles. The third-order valence-corrected chi connectivity index (χ3v) is 5.15. The van der Waals surface area contributed by atoms with Crippen molar-refractivity contribution in [2.45, 2.75) is 0 Å². The summed E-state index contributed by atoms with van der Waals surface area (Å²) in [7, 11) is -1.63. The molecule has 0 fully saturated rings. The van der Waals surface area contributed by atoms with Crippen molar-refractivity contribution < 1.29 is 10.0 Å². The molecular formula is C25H18BN3O2. The van der Waals surface area contributed by atoms with Crippen molar-refractivity contribution in [2.24, 2.45) is 0 Å². The highest BCUT2D eigenvalue weighted by molar-refractivity contribution is 6.60. The maximum Gasteiger partial charge on any atom is 0.489 e. The van der Waals surface area contributed by atoms with E-state index in [0.717, 1.165) is 21.9 Å².